The summed E-state index contributed by atoms with van der Waals surface area (Å²) >= 11 is 0. The van der Waals surface area contributed by atoms with Crippen LogP contribution in [0.4, 0.5) is 5.82 Å². The number of nitrogens with two attached hydrogens (primary N) is 1. The van der Waals surface area contributed by atoms with Crippen molar-refractivity contribution in [2.24, 2.45) is 0 Å². The molecule has 6 nitrogen and oxygen atoms in total. The van der Waals surface area contributed by atoms with Crippen LogP contribution in [0, 0.1) is 0 Å². The van der Waals surface area contributed by atoms with Gasteiger partial charge in [0.2, 0.25) is 5.91 Å². The Kier molecular flexibility index (Phi) is 7.73. The van der Waals surface area contributed by atoms with Gasteiger partial charge in [-0.25, -0.2) is 4.98 Å². The van der Waals surface area contributed by atoms with Crippen molar-refractivity contribution in [2.45, 2.75) is 31.7 Å². The number of amides is 1. The first-order valence-electron chi connectivity index (χ1n) is 10.6. The van der Waals surface area contributed by atoms with Gasteiger partial charge in [-0.05, 0) is 55.9 Å². The first-order valence-corrected chi connectivity index (χ1v) is 10.6. The number of ketones is 1. The number of fused-ring (bicyclic) bond motifs is 1. The number of benzene rings is 2. The summed E-state index contributed by atoms with van der Waals surface area (Å²) in [6.45, 7) is 0.0545. The Labute approximate surface area is 183 Å². The summed E-state index contributed by atoms with van der Waals surface area (Å²) in [5.41, 5.74) is 8.15. The quantitative estimate of drug-likeness (QED) is 0.528. The van der Waals surface area contributed by atoms with Gasteiger partial charge in [0.1, 0.15) is 5.82 Å². The van der Waals surface area contributed by atoms with E-state index in [4.69, 9.17) is 5.73 Å². The Morgan fingerprint density at radius 3 is 2.55 bits per heavy atom. The lowest BCUT2D eigenvalue weighted by Gasteiger charge is -2.23. The van der Waals surface area contributed by atoms with Crippen LogP contribution in [0.2, 0.25) is 0 Å². The van der Waals surface area contributed by atoms with E-state index < -0.39 is 0 Å². The fourth-order valence-electron chi connectivity index (χ4n) is 3.65. The largest absolute Gasteiger partial charge is 0.383 e. The number of nitrogens with zero attached hydrogens (tertiary/aromatic N) is 2. The highest BCUT2D eigenvalue weighted by molar-refractivity contribution is 5.91. The van der Waals surface area contributed by atoms with Crippen molar-refractivity contribution >= 4 is 28.3 Å². The molecule has 6 heteroatoms. The molecule has 3 aromatic rings. The van der Waals surface area contributed by atoms with E-state index in [-0.39, 0.29) is 24.3 Å². The van der Waals surface area contributed by atoms with Crippen molar-refractivity contribution in [3.63, 3.8) is 0 Å². The van der Waals surface area contributed by atoms with E-state index in [1.807, 2.05) is 61.5 Å². The highest BCUT2D eigenvalue weighted by Gasteiger charge is 2.21. The molecule has 1 aromatic heterocycles. The van der Waals surface area contributed by atoms with E-state index in [0.29, 0.717) is 25.1 Å². The molecule has 0 spiro atoms. The van der Waals surface area contributed by atoms with E-state index in [9.17, 15) is 9.59 Å². The third-order valence-corrected chi connectivity index (χ3v) is 5.49. The van der Waals surface area contributed by atoms with E-state index in [1.54, 1.807) is 6.20 Å². The molecule has 0 saturated heterocycles. The van der Waals surface area contributed by atoms with Gasteiger partial charge in [0.05, 0.1) is 12.6 Å². The van der Waals surface area contributed by atoms with Gasteiger partial charge in [-0.15, -0.1) is 0 Å². The molecule has 0 radical (unpaired) electrons. The molecule has 1 amide bonds. The van der Waals surface area contributed by atoms with E-state index in [0.717, 1.165) is 22.8 Å². The lowest BCUT2D eigenvalue weighted by Crippen LogP contribution is -2.45. The van der Waals surface area contributed by atoms with Crippen molar-refractivity contribution in [3.8, 4) is 0 Å². The molecule has 3 rings (SSSR count). The maximum Gasteiger partial charge on any atom is 0.237 e. The Bertz CT molecular complexity index is 1030. The van der Waals surface area contributed by atoms with Gasteiger partial charge < -0.3 is 11.1 Å². The number of carbonyl (C=O) groups excluding carboxylic acids is 2. The van der Waals surface area contributed by atoms with Crippen LogP contribution in [0.25, 0.3) is 10.8 Å². The van der Waals surface area contributed by atoms with Crippen LogP contribution in [0.1, 0.15) is 24.0 Å². The van der Waals surface area contributed by atoms with Crippen molar-refractivity contribution in [2.75, 3.05) is 26.4 Å². The minimum Gasteiger partial charge on any atom is -0.383 e. The third kappa shape index (κ3) is 6.36. The average Bonchev–Trinajstić information content (AvgIpc) is 2.77. The van der Waals surface area contributed by atoms with Crippen LogP contribution in [0.15, 0.2) is 60.8 Å². The van der Waals surface area contributed by atoms with E-state index in [1.165, 1.54) is 5.56 Å². The average molecular weight is 419 g/mol. The molecule has 0 bridgehead atoms. The Hall–Kier alpha value is -3.25. The molecule has 0 fully saturated rings. The third-order valence-electron chi connectivity index (χ3n) is 5.49. The van der Waals surface area contributed by atoms with Gasteiger partial charge in [0.15, 0.2) is 5.78 Å². The summed E-state index contributed by atoms with van der Waals surface area (Å²) < 4.78 is 0. The molecule has 0 saturated carbocycles. The molecule has 0 aliphatic carbocycles. The number of likely N-dealkylation sites (N-methyl/N-ethyl adjacent to an activating group) is 1. The van der Waals surface area contributed by atoms with Crippen molar-refractivity contribution < 1.29 is 9.59 Å². The van der Waals surface area contributed by atoms with Gasteiger partial charge in [-0.1, -0.05) is 48.5 Å². The van der Waals surface area contributed by atoms with E-state index in [2.05, 4.69) is 22.4 Å². The topological polar surface area (TPSA) is 88.3 Å². The first-order chi connectivity index (χ1) is 14.9. The first kappa shape index (κ1) is 22.4. The number of aromatic nitrogens is 1. The van der Waals surface area contributed by atoms with Crippen molar-refractivity contribution in [1.29, 1.82) is 0 Å². The van der Waals surface area contributed by atoms with Crippen molar-refractivity contribution in [3.05, 3.63) is 71.9 Å². The Morgan fingerprint density at radius 2 is 1.81 bits per heavy atom. The lowest BCUT2D eigenvalue weighted by molar-refractivity contribution is -0.128. The minimum atomic E-state index is -0.271. The summed E-state index contributed by atoms with van der Waals surface area (Å²) in [6, 6.07) is 17.7. The zero-order chi connectivity index (χ0) is 22.2. The minimum absolute atomic E-state index is 0.0169. The van der Waals surface area contributed by atoms with Crippen LogP contribution in [-0.4, -0.2) is 48.3 Å². The number of nitrogens with one attached hydrogen (secondary N) is 1. The fourth-order valence-corrected chi connectivity index (χ4v) is 3.65. The van der Waals surface area contributed by atoms with Crippen LogP contribution < -0.4 is 11.1 Å². The highest BCUT2D eigenvalue weighted by Crippen LogP contribution is 2.20. The van der Waals surface area contributed by atoms with Crippen molar-refractivity contribution in [1.82, 2.24) is 15.2 Å². The second-order valence-electron chi connectivity index (χ2n) is 8.01. The highest BCUT2D eigenvalue weighted by atomic mass is 16.2. The smallest absolute Gasteiger partial charge is 0.237 e. The number of hydrogen-bond acceptors (Lipinski definition) is 5. The lowest BCUT2D eigenvalue weighted by atomic mass is 10.0. The molecular formula is C25H30N4O2. The van der Waals surface area contributed by atoms with Gasteiger partial charge in [-0.3, -0.25) is 14.5 Å². The number of aryl methyl sites for hydroxylation is 2. The second kappa shape index (κ2) is 10.7. The van der Waals surface area contributed by atoms with Gasteiger partial charge in [0, 0.05) is 18.0 Å². The number of anilines is 1. The second-order valence-corrected chi connectivity index (χ2v) is 8.01. The van der Waals surface area contributed by atoms with Crippen LogP contribution in [-0.2, 0) is 22.4 Å². The summed E-state index contributed by atoms with van der Waals surface area (Å²) in [7, 11) is 3.78. The summed E-state index contributed by atoms with van der Waals surface area (Å²) in [5.74, 6) is 0.414. The predicted octanol–water partition coefficient (Wildman–Crippen LogP) is 3.00. The van der Waals surface area contributed by atoms with Gasteiger partial charge >= 0.3 is 0 Å². The molecule has 162 valence electrons. The number of nitrogen functional groups attached to an aromatic ring is 1. The molecule has 31 heavy (non-hydrogen) atoms. The predicted molar refractivity (Wildman–Crippen MR) is 125 cm³/mol. The number of Topliss-reactive ketones (excluding diaryl/α,β-unsaturated/α-hetero) is 1. The standard InChI is InChI=1S/C25H30N4O2/c1-29(2)23(13-10-18-6-4-3-5-7-18)25(31)28-17-21(30)11-8-19-9-12-22-20(16-19)14-15-27-24(22)26/h3-7,9,12,14-16,23H,8,10-11,13,17H2,1-2H3,(H2,26,27)(H,28,31)/t23-/m1/s1. The fraction of sp³-hybridized carbons (Fsp3) is 0.320. The van der Waals surface area contributed by atoms with E-state index >= 15 is 0 Å². The van der Waals surface area contributed by atoms with Crippen LogP contribution in [0.5, 0.6) is 0 Å². The zero-order valence-corrected chi connectivity index (χ0v) is 18.2. The number of rotatable bonds is 10. The molecule has 1 heterocycles. The SMILES string of the molecule is CN(C)[C@H](CCc1ccccc1)C(=O)NCC(=O)CCc1ccc2c(N)nccc2c1. The van der Waals surface area contributed by atoms with Gasteiger partial charge in [-0.2, -0.15) is 0 Å². The van der Waals surface area contributed by atoms with Crippen LogP contribution >= 0.6 is 0 Å². The number of pyridine rings is 1. The summed E-state index contributed by atoms with van der Waals surface area (Å²) in [6.07, 6.45) is 4.20. The Balaban J connectivity index is 1.48. The molecular weight excluding hydrogens is 388 g/mol. The molecule has 0 aliphatic rings. The molecule has 0 unspecified atom stereocenters. The normalized spacial score (nSPS) is 12.1. The molecule has 2 aromatic carbocycles. The zero-order valence-electron chi connectivity index (χ0n) is 18.2. The number of carbonyl (C=O) groups is 2. The van der Waals surface area contributed by atoms with Crippen LogP contribution in [0.3, 0.4) is 0 Å². The maximum absolute atomic E-state index is 12.6. The Morgan fingerprint density at radius 1 is 1.03 bits per heavy atom. The molecule has 0 aliphatic heterocycles. The monoisotopic (exact) mass is 418 g/mol. The maximum atomic E-state index is 12.6. The number of hydrogen-bond donors (Lipinski definition) is 2. The molecule has 3 N–H and O–H groups in total. The molecule has 1 atom stereocenters. The summed E-state index contributed by atoms with van der Waals surface area (Å²) in [5, 5.41) is 4.74. The summed E-state index contributed by atoms with van der Waals surface area (Å²) in [4.78, 5) is 31.0. The van der Waals surface area contributed by atoms with Gasteiger partial charge in [0.25, 0.3) is 0 Å².